The van der Waals surface area contributed by atoms with Gasteiger partial charge in [0.1, 0.15) is 5.75 Å². The Hall–Kier alpha value is -3.09. The predicted octanol–water partition coefficient (Wildman–Crippen LogP) is 5.02. The lowest BCUT2D eigenvalue weighted by Crippen LogP contribution is -2.22. The van der Waals surface area contributed by atoms with Crippen LogP contribution in [0.1, 0.15) is 10.4 Å². The second-order valence-electron chi connectivity index (χ2n) is 6.45. The Morgan fingerprint density at radius 1 is 1.07 bits per heavy atom. The summed E-state index contributed by atoms with van der Waals surface area (Å²) in [4.78, 5) is 30.7. The fourth-order valence-corrected chi connectivity index (χ4v) is 4.20. The minimum atomic E-state index is -0.220. The summed E-state index contributed by atoms with van der Waals surface area (Å²) in [6, 6.07) is 21.2. The van der Waals surface area contributed by atoms with Gasteiger partial charge in [0.2, 0.25) is 0 Å². The summed E-state index contributed by atoms with van der Waals surface area (Å²) in [5.41, 5.74) is 1.44. The third-order valence-corrected chi connectivity index (χ3v) is 5.72. The number of ether oxygens (including phenoxy) is 1. The summed E-state index contributed by atoms with van der Waals surface area (Å²) in [6.45, 7) is 0. The first kappa shape index (κ1) is 20.2. The summed E-state index contributed by atoms with van der Waals surface area (Å²) in [5, 5.41) is 1.41. The van der Waals surface area contributed by atoms with Gasteiger partial charge < -0.3 is 4.74 Å². The van der Waals surface area contributed by atoms with Crippen LogP contribution in [0, 0.1) is 0 Å². The molecular formula is C23H17ClN2O3S. The molecule has 30 heavy (non-hydrogen) atoms. The Balaban J connectivity index is 1.80. The molecule has 0 spiro atoms. The zero-order valence-corrected chi connectivity index (χ0v) is 17.6. The van der Waals surface area contributed by atoms with Crippen LogP contribution in [0.15, 0.2) is 82.7 Å². The molecule has 5 nitrogen and oxygen atoms in total. The van der Waals surface area contributed by atoms with Crippen LogP contribution in [-0.4, -0.2) is 28.2 Å². The maximum Gasteiger partial charge on any atom is 0.266 e. The third-order valence-electron chi connectivity index (χ3n) is 4.55. The van der Waals surface area contributed by atoms with Gasteiger partial charge in [-0.1, -0.05) is 59.8 Å². The summed E-state index contributed by atoms with van der Waals surface area (Å²) < 4.78 is 6.95. The molecule has 0 saturated carbocycles. The molecule has 4 aromatic rings. The highest BCUT2D eigenvalue weighted by Crippen LogP contribution is 2.27. The van der Waals surface area contributed by atoms with Crippen LogP contribution in [0.4, 0.5) is 0 Å². The van der Waals surface area contributed by atoms with E-state index in [9.17, 15) is 9.59 Å². The van der Waals surface area contributed by atoms with Crippen LogP contribution in [0.3, 0.4) is 0 Å². The van der Waals surface area contributed by atoms with Gasteiger partial charge in [0.05, 0.1) is 29.5 Å². The van der Waals surface area contributed by atoms with E-state index in [1.807, 2.05) is 18.2 Å². The van der Waals surface area contributed by atoms with Crippen molar-refractivity contribution in [2.24, 2.45) is 0 Å². The number of methoxy groups -OCH3 is 1. The number of nitrogens with zero attached hydrogens (tertiary/aromatic N) is 2. The van der Waals surface area contributed by atoms with E-state index in [1.54, 1.807) is 61.7 Å². The molecule has 3 aromatic carbocycles. The first-order valence-electron chi connectivity index (χ1n) is 9.15. The van der Waals surface area contributed by atoms with Crippen molar-refractivity contribution < 1.29 is 9.53 Å². The minimum absolute atomic E-state index is 0.100. The number of carbonyl (C=O) groups is 1. The fourth-order valence-electron chi connectivity index (χ4n) is 3.11. The van der Waals surface area contributed by atoms with Gasteiger partial charge >= 0.3 is 0 Å². The van der Waals surface area contributed by atoms with E-state index >= 15 is 0 Å². The average molecular weight is 437 g/mol. The van der Waals surface area contributed by atoms with Crippen molar-refractivity contribution in [3.63, 3.8) is 0 Å². The number of thioether (sulfide) groups is 1. The van der Waals surface area contributed by atoms with E-state index in [1.165, 1.54) is 16.3 Å². The Kier molecular flexibility index (Phi) is 5.88. The molecular weight excluding hydrogens is 420 g/mol. The average Bonchev–Trinajstić information content (AvgIpc) is 2.77. The Morgan fingerprint density at radius 2 is 1.83 bits per heavy atom. The highest BCUT2D eigenvalue weighted by Gasteiger charge is 2.17. The number of hydrogen-bond donors (Lipinski definition) is 0. The van der Waals surface area contributed by atoms with E-state index in [2.05, 4.69) is 4.98 Å². The number of Topliss-reactive ketones (excluding diaryl/α,β-unsaturated/α-hetero) is 1. The molecule has 0 bridgehead atoms. The van der Waals surface area contributed by atoms with Crippen molar-refractivity contribution in [1.29, 1.82) is 0 Å². The van der Waals surface area contributed by atoms with E-state index in [0.717, 1.165) is 0 Å². The molecule has 1 aromatic heterocycles. The lowest BCUT2D eigenvalue weighted by Gasteiger charge is -2.15. The maximum absolute atomic E-state index is 13.3. The van der Waals surface area contributed by atoms with Gasteiger partial charge in [-0.15, -0.1) is 0 Å². The molecule has 0 aliphatic heterocycles. The summed E-state index contributed by atoms with van der Waals surface area (Å²) in [5.74, 6) is 0.552. The molecule has 7 heteroatoms. The third kappa shape index (κ3) is 3.97. The molecule has 0 aliphatic carbocycles. The number of fused-ring (bicyclic) bond motifs is 1. The molecule has 0 saturated heterocycles. The van der Waals surface area contributed by atoms with Crippen LogP contribution in [0.2, 0.25) is 5.02 Å². The topological polar surface area (TPSA) is 61.2 Å². The number of benzene rings is 3. The number of para-hydroxylation sites is 3. The summed E-state index contributed by atoms with van der Waals surface area (Å²) in [6.07, 6.45) is 0. The molecule has 0 atom stereocenters. The zero-order valence-electron chi connectivity index (χ0n) is 16.0. The molecule has 0 radical (unpaired) electrons. The molecule has 0 fully saturated rings. The van der Waals surface area contributed by atoms with Gasteiger partial charge in [-0.25, -0.2) is 4.98 Å². The molecule has 0 N–H and O–H groups in total. The van der Waals surface area contributed by atoms with Crippen molar-refractivity contribution in [1.82, 2.24) is 9.55 Å². The van der Waals surface area contributed by atoms with Crippen molar-refractivity contribution in [2.75, 3.05) is 12.9 Å². The van der Waals surface area contributed by atoms with Gasteiger partial charge in [0, 0.05) is 10.6 Å². The quantitative estimate of drug-likeness (QED) is 0.241. The molecule has 0 unspecified atom stereocenters. The number of halogens is 1. The number of carbonyl (C=O) groups excluding carboxylic acids is 1. The van der Waals surface area contributed by atoms with Gasteiger partial charge in [0.15, 0.2) is 10.9 Å². The Labute approximate surface area is 182 Å². The minimum Gasteiger partial charge on any atom is -0.495 e. The van der Waals surface area contributed by atoms with E-state index in [-0.39, 0.29) is 17.1 Å². The molecule has 4 rings (SSSR count). The van der Waals surface area contributed by atoms with Gasteiger partial charge in [-0.3, -0.25) is 14.2 Å². The van der Waals surface area contributed by atoms with Crippen LogP contribution < -0.4 is 10.3 Å². The zero-order chi connectivity index (χ0) is 21.1. The smallest absolute Gasteiger partial charge is 0.266 e. The summed E-state index contributed by atoms with van der Waals surface area (Å²) >= 11 is 7.20. The lowest BCUT2D eigenvalue weighted by molar-refractivity contribution is 0.102. The van der Waals surface area contributed by atoms with Crippen molar-refractivity contribution >= 4 is 40.0 Å². The second-order valence-corrected chi connectivity index (χ2v) is 7.83. The molecule has 0 amide bonds. The maximum atomic E-state index is 13.3. The largest absolute Gasteiger partial charge is 0.495 e. The van der Waals surface area contributed by atoms with Crippen LogP contribution >= 0.6 is 23.4 Å². The highest BCUT2D eigenvalue weighted by molar-refractivity contribution is 7.99. The molecule has 150 valence electrons. The molecule has 0 aliphatic rings. The van der Waals surface area contributed by atoms with Crippen LogP contribution in [-0.2, 0) is 0 Å². The lowest BCUT2D eigenvalue weighted by atomic mass is 10.1. The van der Waals surface area contributed by atoms with Gasteiger partial charge in [-0.05, 0) is 36.4 Å². The highest BCUT2D eigenvalue weighted by atomic mass is 35.5. The number of aromatic nitrogens is 2. The molecule has 1 heterocycles. The Morgan fingerprint density at radius 3 is 2.63 bits per heavy atom. The van der Waals surface area contributed by atoms with Gasteiger partial charge in [0.25, 0.3) is 5.56 Å². The second kappa shape index (κ2) is 8.73. The van der Waals surface area contributed by atoms with E-state index < -0.39 is 0 Å². The van der Waals surface area contributed by atoms with E-state index in [4.69, 9.17) is 16.3 Å². The predicted molar refractivity (Wildman–Crippen MR) is 120 cm³/mol. The van der Waals surface area contributed by atoms with Crippen LogP contribution in [0.5, 0.6) is 5.75 Å². The SMILES string of the molecule is COc1ccccc1-n1c(SCC(=O)c2cccc(Cl)c2)nc2ccccc2c1=O. The van der Waals surface area contributed by atoms with Crippen molar-refractivity contribution in [3.05, 3.63) is 93.7 Å². The van der Waals surface area contributed by atoms with Gasteiger partial charge in [-0.2, -0.15) is 0 Å². The normalized spacial score (nSPS) is 10.9. The first-order valence-corrected chi connectivity index (χ1v) is 10.5. The van der Waals surface area contributed by atoms with Crippen molar-refractivity contribution in [2.45, 2.75) is 5.16 Å². The van der Waals surface area contributed by atoms with Crippen molar-refractivity contribution in [3.8, 4) is 11.4 Å². The van der Waals surface area contributed by atoms with E-state index in [0.29, 0.717) is 38.1 Å². The standard InChI is InChI=1S/C23H17ClN2O3S/c1-29-21-12-5-4-11-19(21)26-22(28)17-9-2-3-10-18(17)25-23(26)30-14-20(27)15-7-6-8-16(24)13-15/h2-13H,14H2,1H3. The van der Waals surface area contributed by atoms with Crippen LogP contribution in [0.25, 0.3) is 16.6 Å². The fraction of sp³-hybridized carbons (Fsp3) is 0.0870. The monoisotopic (exact) mass is 436 g/mol. The first-order chi connectivity index (χ1) is 14.6. The number of ketones is 1. The number of hydrogen-bond acceptors (Lipinski definition) is 5. The Bertz CT molecular complexity index is 1300. The summed E-state index contributed by atoms with van der Waals surface area (Å²) in [7, 11) is 1.55. The number of rotatable bonds is 6.